The molecule has 7 aromatic carbocycles. The number of hydrogen-bond acceptors (Lipinski definition) is 4. The Hall–Kier alpha value is -7.44. The Kier molecular flexibility index (Phi) is 6.75. The number of para-hydroxylation sites is 6. The second kappa shape index (κ2) is 12.1. The number of aromatic nitrogens is 6. The van der Waals surface area contributed by atoms with Crippen molar-refractivity contribution in [3.8, 4) is 45.5 Å². The van der Waals surface area contributed by atoms with Gasteiger partial charge < -0.3 is 9.13 Å². The topological polar surface area (TPSA) is 61.4 Å². The van der Waals surface area contributed by atoms with E-state index < -0.39 is 0 Å². The van der Waals surface area contributed by atoms with Crippen LogP contribution < -0.4 is 0 Å². The highest BCUT2D eigenvalue weighted by atomic mass is 15.1. The summed E-state index contributed by atoms with van der Waals surface area (Å²) in [4.78, 5) is 20.6. The Balaban J connectivity index is 1.27. The maximum atomic E-state index is 5.43. The van der Waals surface area contributed by atoms with Crippen LogP contribution in [0.1, 0.15) is 0 Å². The van der Waals surface area contributed by atoms with E-state index in [1.165, 1.54) is 10.8 Å². The highest BCUT2D eigenvalue weighted by Gasteiger charge is 2.23. The molecule has 0 aliphatic carbocycles. The number of nitrogens with zero attached hydrogens (tertiary/aromatic N) is 6. The summed E-state index contributed by atoms with van der Waals surface area (Å²) in [6, 6.07) is 59.3. The van der Waals surface area contributed by atoms with Crippen molar-refractivity contribution in [3.05, 3.63) is 182 Å². The SMILES string of the molecule is c1ccc(-n2c3ccccc3c3cccc(-c4nc(-c5cccc6ccncc56)nc(-c5cccc6c7ccccc7n(-c7ccccc7)c56)n4)c32)cc1. The fraction of sp³-hybridized carbons (Fsp3) is 0. The molecule has 0 aliphatic rings. The lowest BCUT2D eigenvalue weighted by Gasteiger charge is -2.14. The fourth-order valence-electron chi connectivity index (χ4n) is 8.13. The van der Waals surface area contributed by atoms with E-state index in [1.807, 2.05) is 18.5 Å². The van der Waals surface area contributed by atoms with Gasteiger partial charge in [-0.3, -0.25) is 4.98 Å². The predicted octanol–water partition coefficient (Wildman–Crippen LogP) is 11.6. The zero-order valence-electron chi connectivity index (χ0n) is 29.0. The lowest BCUT2D eigenvalue weighted by atomic mass is 10.0. The molecule has 0 saturated carbocycles. The van der Waals surface area contributed by atoms with Gasteiger partial charge in [-0.2, -0.15) is 0 Å². The van der Waals surface area contributed by atoms with E-state index in [-0.39, 0.29) is 0 Å². The third-order valence-corrected chi connectivity index (χ3v) is 10.5. The van der Waals surface area contributed by atoms with Gasteiger partial charge in [0.05, 0.1) is 22.1 Å². The van der Waals surface area contributed by atoms with E-state index in [9.17, 15) is 0 Å². The second-order valence-electron chi connectivity index (χ2n) is 13.5. The van der Waals surface area contributed by atoms with Crippen LogP contribution in [0.4, 0.5) is 0 Å². The first-order valence-corrected chi connectivity index (χ1v) is 18.1. The Morgan fingerprint density at radius 3 is 1.33 bits per heavy atom. The fourth-order valence-corrected chi connectivity index (χ4v) is 8.13. The molecule has 4 heterocycles. The molecule has 4 aromatic heterocycles. The molecule has 0 bridgehead atoms. The molecular weight excluding hydrogens is 661 g/mol. The normalized spacial score (nSPS) is 11.7. The molecule has 0 N–H and O–H groups in total. The van der Waals surface area contributed by atoms with Crippen LogP contribution in [-0.4, -0.2) is 29.1 Å². The lowest BCUT2D eigenvalue weighted by molar-refractivity contribution is 1.07. The summed E-state index contributed by atoms with van der Waals surface area (Å²) in [5.74, 6) is 1.79. The van der Waals surface area contributed by atoms with Crippen molar-refractivity contribution in [2.24, 2.45) is 0 Å². The summed E-state index contributed by atoms with van der Waals surface area (Å²) in [6.07, 6.45) is 3.72. The summed E-state index contributed by atoms with van der Waals surface area (Å²) in [6.45, 7) is 0. The molecular formula is C48H30N6. The average molecular weight is 691 g/mol. The van der Waals surface area contributed by atoms with Crippen LogP contribution in [0.25, 0.3) is 99.9 Å². The van der Waals surface area contributed by atoms with Crippen molar-refractivity contribution < 1.29 is 0 Å². The van der Waals surface area contributed by atoms with Crippen LogP contribution in [0, 0.1) is 0 Å². The number of benzene rings is 7. The van der Waals surface area contributed by atoms with Crippen molar-refractivity contribution in [1.82, 2.24) is 29.1 Å². The van der Waals surface area contributed by atoms with Gasteiger partial charge in [-0.15, -0.1) is 0 Å². The van der Waals surface area contributed by atoms with Crippen molar-refractivity contribution in [2.45, 2.75) is 0 Å². The van der Waals surface area contributed by atoms with Gasteiger partial charge in [-0.05, 0) is 60.0 Å². The molecule has 6 heteroatoms. The Morgan fingerprint density at radius 2 is 0.778 bits per heavy atom. The summed E-state index contributed by atoms with van der Waals surface area (Å²) in [5.41, 5.74) is 9.23. The Bertz CT molecular complexity index is 3040. The van der Waals surface area contributed by atoms with Crippen molar-refractivity contribution >= 4 is 54.4 Å². The third-order valence-electron chi connectivity index (χ3n) is 10.5. The third kappa shape index (κ3) is 4.60. The number of rotatable bonds is 5. The van der Waals surface area contributed by atoms with Crippen molar-refractivity contribution in [3.63, 3.8) is 0 Å². The van der Waals surface area contributed by atoms with Gasteiger partial charge in [0.15, 0.2) is 17.5 Å². The van der Waals surface area contributed by atoms with Crippen molar-refractivity contribution in [2.75, 3.05) is 0 Å². The van der Waals surface area contributed by atoms with E-state index in [0.29, 0.717) is 17.5 Å². The van der Waals surface area contributed by atoms with E-state index in [1.54, 1.807) is 0 Å². The van der Waals surface area contributed by atoms with Crippen molar-refractivity contribution in [1.29, 1.82) is 0 Å². The monoisotopic (exact) mass is 690 g/mol. The van der Waals surface area contributed by atoms with Gasteiger partial charge in [0.1, 0.15) is 0 Å². The van der Waals surface area contributed by atoms with Gasteiger partial charge in [-0.25, -0.2) is 15.0 Å². The second-order valence-corrected chi connectivity index (χ2v) is 13.5. The first-order valence-electron chi connectivity index (χ1n) is 18.1. The summed E-state index contributed by atoms with van der Waals surface area (Å²) < 4.78 is 4.66. The minimum Gasteiger partial charge on any atom is -0.309 e. The minimum atomic E-state index is 0.590. The largest absolute Gasteiger partial charge is 0.309 e. The van der Waals surface area contributed by atoms with E-state index in [2.05, 4.69) is 178 Å². The number of pyridine rings is 1. The van der Waals surface area contributed by atoms with Gasteiger partial charge >= 0.3 is 0 Å². The van der Waals surface area contributed by atoms with E-state index in [4.69, 9.17) is 15.0 Å². The van der Waals surface area contributed by atoms with Crippen LogP contribution in [-0.2, 0) is 0 Å². The first kappa shape index (κ1) is 30.2. The quantitative estimate of drug-likeness (QED) is 0.180. The Morgan fingerprint density at radius 1 is 0.333 bits per heavy atom. The molecule has 0 saturated heterocycles. The van der Waals surface area contributed by atoms with E-state index in [0.717, 1.165) is 71.7 Å². The lowest BCUT2D eigenvalue weighted by Crippen LogP contribution is -2.03. The summed E-state index contributed by atoms with van der Waals surface area (Å²) in [7, 11) is 0. The molecule has 54 heavy (non-hydrogen) atoms. The highest BCUT2D eigenvalue weighted by Crippen LogP contribution is 2.41. The molecule has 6 nitrogen and oxygen atoms in total. The van der Waals surface area contributed by atoms with Gasteiger partial charge in [0.25, 0.3) is 0 Å². The number of fused-ring (bicyclic) bond motifs is 7. The summed E-state index contributed by atoms with van der Waals surface area (Å²) >= 11 is 0. The molecule has 0 spiro atoms. The summed E-state index contributed by atoms with van der Waals surface area (Å²) in [5, 5.41) is 6.67. The molecule has 252 valence electrons. The smallest absolute Gasteiger partial charge is 0.166 e. The number of hydrogen-bond donors (Lipinski definition) is 0. The van der Waals surface area contributed by atoms with Crippen LogP contribution in [0.2, 0.25) is 0 Å². The molecule has 0 amide bonds. The minimum absolute atomic E-state index is 0.590. The average Bonchev–Trinajstić information content (AvgIpc) is 3.77. The standard InChI is InChI=1S/C48H30N6/c1-3-15-32(16-4-1)53-42-26-9-7-19-34(42)36-21-12-24-39(44(36)53)47-50-46(38-23-11-14-31-28-29-49-30-41(31)38)51-48(52-47)40-25-13-22-37-35-20-8-10-27-43(35)54(45(37)40)33-17-5-2-6-18-33/h1-30H. The van der Waals surface area contributed by atoms with Gasteiger partial charge in [-0.1, -0.05) is 115 Å². The van der Waals surface area contributed by atoms with Crippen LogP contribution in [0.3, 0.4) is 0 Å². The van der Waals surface area contributed by atoms with Crippen LogP contribution in [0.5, 0.6) is 0 Å². The molecule has 0 radical (unpaired) electrons. The molecule has 0 atom stereocenters. The highest BCUT2D eigenvalue weighted by molar-refractivity contribution is 6.15. The van der Waals surface area contributed by atoms with Crippen LogP contribution >= 0.6 is 0 Å². The maximum absolute atomic E-state index is 5.43. The first-order chi connectivity index (χ1) is 26.8. The Labute approximate surface area is 310 Å². The molecule has 0 fully saturated rings. The molecule has 11 rings (SSSR count). The van der Waals surface area contributed by atoms with Gasteiger partial charge in [0.2, 0.25) is 0 Å². The van der Waals surface area contributed by atoms with Crippen LogP contribution in [0.15, 0.2) is 182 Å². The molecule has 0 unspecified atom stereocenters. The van der Waals surface area contributed by atoms with E-state index >= 15 is 0 Å². The predicted molar refractivity (Wildman–Crippen MR) is 220 cm³/mol. The zero-order chi connectivity index (χ0) is 35.6. The molecule has 0 aliphatic heterocycles. The zero-order valence-corrected chi connectivity index (χ0v) is 29.0. The molecule has 11 aromatic rings. The van der Waals surface area contributed by atoms with Gasteiger partial charge in [0, 0.05) is 67.4 Å². The maximum Gasteiger partial charge on any atom is 0.166 e.